The van der Waals surface area contributed by atoms with Crippen LogP contribution in [0.5, 0.6) is 0 Å². The van der Waals surface area contributed by atoms with E-state index in [4.69, 9.17) is 15.9 Å². The SMILES string of the molecule is COC1CCN(Cc2cccc(C(=N)N)c2)C1. The number of amidine groups is 1. The van der Waals surface area contributed by atoms with E-state index in [0.717, 1.165) is 31.6 Å². The van der Waals surface area contributed by atoms with Crippen LogP contribution in [0.3, 0.4) is 0 Å². The maximum atomic E-state index is 7.42. The van der Waals surface area contributed by atoms with Gasteiger partial charge in [0.15, 0.2) is 0 Å². The van der Waals surface area contributed by atoms with Crippen LogP contribution in [-0.2, 0) is 11.3 Å². The third-order valence-corrected chi connectivity index (χ3v) is 3.21. The summed E-state index contributed by atoms with van der Waals surface area (Å²) in [4.78, 5) is 2.37. The fraction of sp³-hybridized carbons (Fsp3) is 0.462. The summed E-state index contributed by atoms with van der Waals surface area (Å²) in [5.41, 5.74) is 7.48. The van der Waals surface area contributed by atoms with Gasteiger partial charge in [-0.15, -0.1) is 0 Å². The average Bonchev–Trinajstić information content (AvgIpc) is 2.77. The lowest BCUT2D eigenvalue weighted by atomic mass is 10.1. The molecule has 92 valence electrons. The molecular formula is C13H19N3O. The summed E-state index contributed by atoms with van der Waals surface area (Å²) in [6.07, 6.45) is 1.47. The molecule has 1 saturated heterocycles. The van der Waals surface area contributed by atoms with Crippen molar-refractivity contribution in [1.29, 1.82) is 5.41 Å². The second-order valence-corrected chi connectivity index (χ2v) is 4.50. The van der Waals surface area contributed by atoms with Crippen molar-refractivity contribution in [3.05, 3.63) is 35.4 Å². The topological polar surface area (TPSA) is 62.3 Å². The molecular weight excluding hydrogens is 214 g/mol. The number of benzene rings is 1. The van der Waals surface area contributed by atoms with Gasteiger partial charge in [-0.1, -0.05) is 18.2 Å². The van der Waals surface area contributed by atoms with Crippen molar-refractivity contribution in [2.45, 2.75) is 19.1 Å². The van der Waals surface area contributed by atoms with Gasteiger partial charge in [-0.3, -0.25) is 10.3 Å². The molecule has 2 rings (SSSR count). The predicted molar refractivity (Wildman–Crippen MR) is 68.1 cm³/mol. The van der Waals surface area contributed by atoms with Gasteiger partial charge in [0.05, 0.1) is 6.10 Å². The van der Waals surface area contributed by atoms with Gasteiger partial charge < -0.3 is 10.5 Å². The van der Waals surface area contributed by atoms with Crippen LogP contribution >= 0.6 is 0 Å². The Morgan fingerprint density at radius 2 is 2.41 bits per heavy atom. The van der Waals surface area contributed by atoms with Gasteiger partial charge in [-0.05, 0) is 18.1 Å². The van der Waals surface area contributed by atoms with E-state index in [9.17, 15) is 0 Å². The molecule has 0 aromatic heterocycles. The number of rotatable bonds is 4. The van der Waals surface area contributed by atoms with Crippen molar-refractivity contribution in [2.75, 3.05) is 20.2 Å². The molecule has 1 aliphatic heterocycles. The molecule has 0 spiro atoms. The number of ether oxygens (including phenoxy) is 1. The van der Waals surface area contributed by atoms with E-state index in [1.165, 1.54) is 5.56 Å². The second kappa shape index (κ2) is 5.29. The molecule has 1 aromatic rings. The van der Waals surface area contributed by atoms with E-state index in [-0.39, 0.29) is 5.84 Å². The normalized spacial score (nSPS) is 20.6. The zero-order chi connectivity index (χ0) is 12.3. The second-order valence-electron chi connectivity index (χ2n) is 4.50. The number of nitrogens with two attached hydrogens (primary N) is 1. The standard InChI is InChI=1S/C13H19N3O/c1-17-12-5-6-16(9-12)8-10-3-2-4-11(7-10)13(14)15/h2-4,7,12H,5-6,8-9H2,1H3,(H3,14,15). The molecule has 1 aliphatic rings. The van der Waals surface area contributed by atoms with E-state index in [1.807, 2.05) is 18.2 Å². The summed E-state index contributed by atoms with van der Waals surface area (Å²) in [6.45, 7) is 2.96. The Hall–Kier alpha value is -1.39. The first-order valence-electron chi connectivity index (χ1n) is 5.87. The zero-order valence-electron chi connectivity index (χ0n) is 10.1. The van der Waals surface area contributed by atoms with Gasteiger partial charge >= 0.3 is 0 Å². The van der Waals surface area contributed by atoms with E-state index in [0.29, 0.717) is 6.10 Å². The molecule has 0 aliphatic carbocycles. The van der Waals surface area contributed by atoms with Gasteiger partial charge in [0.2, 0.25) is 0 Å². The molecule has 1 heterocycles. The minimum Gasteiger partial charge on any atom is -0.384 e. The molecule has 4 nitrogen and oxygen atoms in total. The van der Waals surface area contributed by atoms with Crippen molar-refractivity contribution in [1.82, 2.24) is 4.90 Å². The first-order valence-corrected chi connectivity index (χ1v) is 5.87. The number of hydrogen-bond donors (Lipinski definition) is 2. The molecule has 0 amide bonds. The summed E-state index contributed by atoms with van der Waals surface area (Å²) in [5, 5.41) is 7.42. The lowest BCUT2D eigenvalue weighted by Gasteiger charge is -2.16. The van der Waals surface area contributed by atoms with E-state index in [2.05, 4.69) is 11.0 Å². The number of nitrogen functional groups attached to an aromatic ring is 1. The maximum absolute atomic E-state index is 7.42. The van der Waals surface area contributed by atoms with E-state index >= 15 is 0 Å². The number of methoxy groups -OCH3 is 1. The third-order valence-electron chi connectivity index (χ3n) is 3.21. The Kier molecular flexibility index (Phi) is 3.76. The molecule has 1 atom stereocenters. The van der Waals surface area contributed by atoms with Gasteiger partial charge in [-0.2, -0.15) is 0 Å². The van der Waals surface area contributed by atoms with Gasteiger partial charge in [0.1, 0.15) is 5.84 Å². The third kappa shape index (κ3) is 3.05. The molecule has 17 heavy (non-hydrogen) atoms. The Bertz CT molecular complexity index is 405. The minimum atomic E-state index is 0.128. The summed E-state index contributed by atoms with van der Waals surface area (Å²) >= 11 is 0. The predicted octanol–water partition coefficient (Wildman–Crippen LogP) is 1.19. The number of hydrogen-bond acceptors (Lipinski definition) is 3. The minimum absolute atomic E-state index is 0.128. The number of nitrogens with one attached hydrogen (secondary N) is 1. The van der Waals surface area contributed by atoms with Crippen molar-refractivity contribution in [3.63, 3.8) is 0 Å². The first kappa shape index (κ1) is 12.1. The quantitative estimate of drug-likeness (QED) is 0.606. The van der Waals surface area contributed by atoms with Gasteiger partial charge in [-0.25, -0.2) is 0 Å². The molecule has 0 radical (unpaired) electrons. The molecule has 1 fully saturated rings. The fourth-order valence-electron chi connectivity index (χ4n) is 2.23. The van der Waals surface area contributed by atoms with Crippen LogP contribution in [0.15, 0.2) is 24.3 Å². The van der Waals surface area contributed by atoms with Crippen LogP contribution in [0.1, 0.15) is 17.5 Å². The Balaban J connectivity index is 1.99. The highest BCUT2D eigenvalue weighted by Crippen LogP contribution is 2.15. The maximum Gasteiger partial charge on any atom is 0.122 e. The molecule has 1 unspecified atom stereocenters. The van der Waals surface area contributed by atoms with Gasteiger partial charge in [0.25, 0.3) is 0 Å². The van der Waals surface area contributed by atoms with Crippen molar-refractivity contribution in [2.24, 2.45) is 5.73 Å². The van der Waals surface area contributed by atoms with E-state index in [1.54, 1.807) is 7.11 Å². The van der Waals surface area contributed by atoms with Gasteiger partial charge in [0, 0.05) is 32.3 Å². The molecule has 4 heteroatoms. The largest absolute Gasteiger partial charge is 0.384 e. The van der Waals surface area contributed by atoms with Crippen LogP contribution in [-0.4, -0.2) is 37.0 Å². The molecule has 0 bridgehead atoms. The zero-order valence-corrected chi connectivity index (χ0v) is 10.1. The number of nitrogens with zero attached hydrogens (tertiary/aromatic N) is 1. The molecule has 1 aromatic carbocycles. The van der Waals surface area contributed by atoms with Crippen molar-refractivity contribution in [3.8, 4) is 0 Å². The fourth-order valence-corrected chi connectivity index (χ4v) is 2.23. The smallest absolute Gasteiger partial charge is 0.122 e. The van der Waals surface area contributed by atoms with Crippen LogP contribution in [0, 0.1) is 5.41 Å². The Labute approximate surface area is 102 Å². The first-order chi connectivity index (χ1) is 8.19. The van der Waals surface area contributed by atoms with Crippen LogP contribution in [0.4, 0.5) is 0 Å². The monoisotopic (exact) mass is 233 g/mol. The van der Waals surface area contributed by atoms with E-state index < -0.39 is 0 Å². The molecule has 0 saturated carbocycles. The average molecular weight is 233 g/mol. The highest BCUT2D eigenvalue weighted by Gasteiger charge is 2.21. The Morgan fingerprint density at radius 3 is 3.06 bits per heavy atom. The summed E-state index contributed by atoms with van der Waals surface area (Å²) in [5.74, 6) is 0.128. The summed E-state index contributed by atoms with van der Waals surface area (Å²) in [7, 11) is 1.77. The van der Waals surface area contributed by atoms with Crippen molar-refractivity contribution < 1.29 is 4.74 Å². The molecule has 3 N–H and O–H groups in total. The Morgan fingerprint density at radius 1 is 1.59 bits per heavy atom. The lowest BCUT2D eigenvalue weighted by molar-refractivity contribution is 0.107. The summed E-state index contributed by atoms with van der Waals surface area (Å²) < 4.78 is 5.35. The van der Waals surface area contributed by atoms with Crippen LogP contribution in [0.2, 0.25) is 0 Å². The summed E-state index contributed by atoms with van der Waals surface area (Å²) in [6, 6.07) is 7.89. The van der Waals surface area contributed by atoms with Crippen LogP contribution in [0.25, 0.3) is 0 Å². The lowest BCUT2D eigenvalue weighted by Crippen LogP contribution is -2.22. The highest BCUT2D eigenvalue weighted by atomic mass is 16.5. The highest BCUT2D eigenvalue weighted by molar-refractivity contribution is 5.95. The van der Waals surface area contributed by atoms with Crippen molar-refractivity contribution >= 4 is 5.84 Å². The number of likely N-dealkylation sites (tertiary alicyclic amines) is 1. The van der Waals surface area contributed by atoms with Crippen LogP contribution < -0.4 is 5.73 Å².